The summed E-state index contributed by atoms with van der Waals surface area (Å²) in [6.07, 6.45) is 3.00. The number of benzene rings is 1. The predicted octanol–water partition coefficient (Wildman–Crippen LogP) is 1.42. The van der Waals surface area contributed by atoms with Gasteiger partial charge in [-0.2, -0.15) is 0 Å². The zero-order valence-corrected chi connectivity index (χ0v) is 13.4. The predicted molar refractivity (Wildman–Crippen MR) is 86.4 cm³/mol. The van der Waals surface area contributed by atoms with Crippen molar-refractivity contribution in [3.63, 3.8) is 0 Å². The lowest BCUT2D eigenvalue weighted by Gasteiger charge is -2.21. The molecule has 21 heavy (non-hydrogen) atoms. The zero-order chi connectivity index (χ0) is 14.6. The molecular weight excluding hydrogens is 314 g/mol. The van der Waals surface area contributed by atoms with Gasteiger partial charge in [-0.05, 0) is 43.7 Å². The fourth-order valence-electron chi connectivity index (χ4n) is 2.16. The van der Waals surface area contributed by atoms with E-state index >= 15 is 0 Å². The molecular formula is C13H20ClN3O3S. The second-order valence-electron chi connectivity index (χ2n) is 4.98. The summed E-state index contributed by atoms with van der Waals surface area (Å²) in [5.74, 6) is -0.00130. The Morgan fingerprint density at radius 3 is 2.38 bits per heavy atom. The molecule has 1 aromatic rings. The number of carbonyl (C=O) groups is 1. The van der Waals surface area contributed by atoms with Crippen molar-refractivity contribution < 1.29 is 13.2 Å². The highest BCUT2D eigenvalue weighted by atomic mass is 35.5. The molecule has 0 radical (unpaired) electrons. The molecule has 118 valence electrons. The van der Waals surface area contributed by atoms with Gasteiger partial charge in [0.1, 0.15) is 0 Å². The normalized spacial score (nSPS) is 18.4. The molecule has 2 rings (SSSR count). The van der Waals surface area contributed by atoms with Gasteiger partial charge in [-0.25, -0.2) is 8.42 Å². The van der Waals surface area contributed by atoms with Crippen LogP contribution in [0, 0.1) is 5.92 Å². The number of carbonyl (C=O) groups excluding carboxylic acids is 1. The first-order valence-electron chi connectivity index (χ1n) is 6.53. The van der Waals surface area contributed by atoms with E-state index in [9.17, 15) is 13.2 Å². The maximum atomic E-state index is 12.0. The van der Waals surface area contributed by atoms with E-state index in [4.69, 9.17) is 0 Å². The zero-order valence-electron chi connectivity index (χ0n) is 11.8. The Labute approximate surface area is 131 Å². The van der Waals surface area contributed by atoms with Gasteiger partial charge in [0.25, 0.3) is 0 Å². The van der Waals surface area contributed by atoms with E-state index < -0.39 is 10.0 Å². The first-order chi connectivity index (χ1) is 9.44. The van der Waals surface area contributed by atoms with Crippen LogP contribution in [0.3, 0.4) is 0 Å². The molecule has 1 unspecified atom stereocenters. The molecule has 0 saturated carbocycles. The number of hydrogen-bond acceptors (Lipinski definition) is 4. The van der Waals surface area contributed by atoms with Crippen molar-refractivity contribution in [3.05, 3.63) is 24.3 Å². The number of anilines is 2. The monoisotopic (exact) mass is 333 g/mol. The number of sulfonamides is 1. The third-order valence-corrected chi connectivity index (χ3v) is 3.73. The van der Waals surface area contributed by atoms with Crippen LogP contribution in [-0.4, -0.2) is 33.7 Å². The molecule has 1 atom stereocenters. The smallest absolute Gasteiger partial charge is 0.229 e. The maximum absolute atomic E-state index is 12.0. The lowest BCUT2D eigenvalue weighted by molar-refractivity contribution is -0.120. The van der Waals surface area contributed by atoms with Gasteiger partial charge in [-0.1, -0.05) is 0 Å². The second kappa shape index (κ2) is 7.63. The summed E-state index contributed by atoms with van der Waals surface area (Å²) in [5.41, 5.74) is 1.14. The van der Waals surface area contributed by atoms with Gasteiger partial charge in [0, 0.05) is 17.9 Å². The summed E-state index contributed by atoms with van der Waals surface area (Å²) in [5, 5.41) is 6.04. The largest absolute Gasteiger partial charge is 0.326 e. The van der Waals surface area contributed by atoms with Crippen molar-refractivity contribution in [1.82, 2.24) is 5.32 Å². The van der Waals surface area contributed by atoms with Crippen LogP contribution in [0.4, 0.5) is 11.4 Å². The van der Waals surface area contributed by atoms with Crippen LogP contribution in [0.15, 0.2) is 24.3 Å². The quantitative estimate of drug-likeness (QED) is 0.777. The summed E-state index contributed by atoms with van der Waals surface area (Å²) in [4.78, 5) is 12.0. The van der Waals surface area contributed by atoms with Crippen LogP contribution < -0.4 is 15.4 Å². The molecule has 0 bridgehead atoms. The number of amides is 1. The molecule has 1 aliphatic rings. The van der Waals surface area contributed by atoms with Crippen LogP contribution >= 0.6 is 12.4 Å². The van der Waals surface area contributed by atoms with E-state index in [-0.39, 0.29) is 24.2 Å². The minimum absolute atomic E-state index is 0. The van der Waals surface area contributed by atoms with E-state index in [0.717, 1.165) is 25.6 Å². The number of hydrogen-bond donors (Lipinski definition) is 3. The van der Waals surface area contributed by atoms with Gasteiger partial charge in [-0.15, -0.1) is 12.4 Å². The molecule has 0 spiro atoms. The summed E-state index contributed by atoms with van der Waals surface area (Å²) in [6, 6.07) is 6.61. The standard InChI is InChI=1S/C13H19N3O3S.ClH/c1-20(18,19)16-12-6-4-11(5-7-12)15-13(17)10-3-2-8-14-9-10;/h4-7,10,14,16H,2-3,8-9H2,1H3,(H,15,17);1H. The Balaban J connectivity index is 0.00000220. The van der Waals surface area contributed by atoms with Crippen LogP contribution in [0.25, 0.3) is 0 Å². The highest BCUT2D eigenvalue weighted by Crippen LogP contribution is 2.17. The van der Waals surface area contributed by atoms with Gasteiger partial charge in [-0.3, -0.25) is 9.52 Å². The lowest BCUT2D eigenvalue weighted by Crippen LogP contribution is -2.37. The molecule has 3 N–H and O–H groups in total. The molecule has 6 nitrogen and oxygen atoms in total. The molecule has 1 fully saturated rings. The Hall–Kier alpha value is -1.31. The topological polar surface area (TPSA) is 87.3 Å². The van der Waals surface area contributed by atoms with Crippen LogP contribution in [-0.2, 0) is 14.8 Å². The molecule has 1 aromatic carbocycles. The molecule has 1 heterocycles. The van der Waals surface area contributed by atoms with E-state index in [2.05, 4.69) is 15.4 Å². The fourth-order valence-corrected chi connectivity index (χ4v) is 2.72. The number of nitrogens with one attached hydrogen (secondary N) is 3. The molecule has 1 saturated heterocycles. The number of halogens is 1. The summed E-state index contributed by atoms with van der Waals surface area (Å²) >= 11 is 0. The van der Waals surface area contributed by atoms with Crippen LogP contribution in [0.5, 0.6) is 0 Å². The average Bonchev–Trinajstić information content (AvgIpc) is 2.40. The van der Waals surface area contributed by atoms with Gasteiger partial charge >= 0.3 is 0 Å². The minimum atomic E-state index is -3.28. The van der Waals surface area contributed by atoms with Crippen LogP contribution in [0.2, 0.25) is 0 Å². The van der Waals surface area contributed by atoms with Crippen molar-refractivity contribution in [2.45, 2.75) is 12.8 Å². The molecule has 1 aliphatic heterocycles. The van der Waals surface area contributed by atoms with Crippen LogP contribution in [0.1, 0.15) is 12.8 Å². The third-order valence-electron chi connectivity index (χ3n) is 3.12. The molecule has 8 heteroatoms. The average molecular weight is 334 g/mol. The first kappa shape index (κ1) is 17.7. The van der Waals surface area contributed by atoms with Gasteiger partial charge in [0.15, 0.2) is 0 Å². The SMILES string of the molecule is CS(=O)(=O)Nc1ccc(NC(=O)C2CCCNC2)cc1.Cl. The highest BCUT2D eigenvalue weighted by Gasteiger charge is 2.20. The maximum Gasteiger partial charge on any atom is 0.229 e. The number of piperidine rings is 1. The summed E-state index contributed by atoms with van der Waals surface area (Å²) in [6.45, 7) is 1.68. The lowest BCUT2D eigenvalue weighted by atomic mass is 9.99. The van der Waals surface area contributed by atoms with E-state index in [1.165, 1.54) is 0 Å². The van der Waals surface area contributed by atoms with Gasteiger partial charge in [0.2, 0.25) is 15.9 Å². The van der Waals surface area contributed by atoms with Crippen molar-refractivity contribution >= 4 is 39.7 Å². The Morgan fingerprint density at radius 1 is 1.24 bits per heavy atom. The Morgan fingerprint density at radius 2 is 1.86 bits per heavy atom. The second-order valence-corrected chi connectivity index (χ2v) is 6.73. The summed E-state index contributed by atoms with van der Waals surface area (Å²) in [7, 11) is -3.28. The van der Waals surface area contributed by atoms with Crippen molar-refractivity contribution in [2.75, 3.05) is 29.4 Å². The van der Waals surface area contributed by atoms with E-state index in [1.807, 2.05) is 0 Å². The van der Waals surface area contributed by atoms with E-state index in [0.29, 0.717) is 17.9 Å². The molecule has 0 aliphatic carbocycles. The van der Waals surface area contributed by atoms with Crippen molar-refractivity contribution in [1.29, 1.82) is 0 Å². The fraction of sp³-hybridized carbons (Fsp3) is 0.462. The van der Waals surface area contributed by atoms with Crippen molar-refractivity contribution in [2.24, 2.45) is 5.92 Å². The Kier molecular flexibility index (Phi) is 6.44. The third kappa shape index (κ3) is 5.91. The van der Waals surface area contributed by atoms with Crippen molar-refractivity contribution in [3.8, 4) is 0 Å². The number of rotatable bonds is 4. The molecule has 1 amide bonds. The first-order valence-corrected chi connectivity index (χ1v) is 8.42. The Bertz CT molecular complexity index is 569. The minimum Gasteiger partial charge on any atom is -0.326 e. The summed E-state index contributed by atoms with van der Waals surface area (Å²) < 4.78 is 24.5. The molecule has 0 aromatic heterocycles. The van der Waals surface area contributed by atoms with E-state index in [1.54, 1.807) is 24.3 Å². The van der Waals surface area contributed by atoms with Gasteiger partial charge < -0.3 is 10.6 Å². The highest BCUT2D eigenvalue weighted by molar-refractivity contribution is 7.92. The van der Waals surface area contributed by atoms with Gasteiger partial charge in [0.05, 0.1) is 12.2 Å².